The quantitative estimate of drug-likeness (QED) is 0.810. The minimum atomic E-state index is 0.373. The van der Waals surface area contributed by atoms with Crippen molar-refractivity contribution in [2.45, 2.75) is 19.0 Å². The molecule has 17 heavy (non-hydrogen) atoms. The number of ether oxygens (including phenoxy) is 1. The summed E-state index contributed by atoms with van der Waals surface area (Å²) in [4.78, 5) is 2.54. The highest BCUT2D eigenvalue weighted by molar-refractivity contribution is 5.19. The van der Waals surface area contributed by atoms with Crippen LogP contribution in [0.1, 0.15) is 18.5 Å². The van der Waals surface area contributed by atoms with Crippen molar-refractivity contribution < 1.29 is 4.74 Å². The Morgan fingerprint density at radius 1 is 1.35 bits per heavy atom. The van der Waals surface area contributed by atoms with Gasteiger partial charge in [-0.15, -0.1) is 0 Å². The van der Waals surface area contributed by atoms with Gasteiger partial charge in [0.25, 0.3) is 0 Å². The highest BCUT2D eigenvalue weighted by Gasteiger charge is 2.29. The lowest BCUT2D eigenvalue weighted by Gasteiger charge is -2.42. The average Bonchev–Trinajstić information content (AvgIpc) is 2.32. The number of rotatable bonds is 6. The molecule has 1 saturated heterocycles. The molecule has 1 fully saturated rings. The molecule has 1 heterocycles. The topological polar surface area (TPSA) is 24.5 Å². The van der Waals surface area contributed by atoms with Gasteiger partial charge < -0.3 is 10.1 Å². The van der Waals surface area contributed by atoms with Crippen LogP contribution in [0.15, 0.2) is 30.3 Å². The molecule has 1 aromatic rings. The van der Waals surface area contributed by atoms with Crippen LogP contribution in [0.5, 0.6) is 0 Å². The van der Waals surface area contributed by atoms with Gasteiger partial charge in [-0.25, -0.2) is 0 Å². The standard InChI is InChI=1S/C14H22N2O/c1-3-16(13-9-15-10-13)14(11-17-2)12-7-5-4-6-8-12/h4-8,13-15H,3,9-11H2,1-2H3. The fourth-order valence-electron chi connectivity index (χ4n) is 2.46. The van der Waals surface area contributed by atoms with Crippen LogP contribution in [-0.4, -0.2) is 44.3 Å². The zero-order valence-corrected chi connectivity index (χ0v) is 10.7. The molecule has 1 aliphatic rings. The molecule has 3 heteroatoms. The van der Waals surface area contributed by atoms with E-state index in [1.807, 2.05) is 0 Å². The van der Waals surface area contributed by atoms with E-state index in [0.29, 0.717) is 12.1 Å². The van der Waals surface area contributed by atoms with Crippen LogP contribution in [0, 0.1) is 0 Å². The summed E-state index contributed by atoms with van der Waals surface area (Å²) in [7, 11) is 1.78. The third-order valence-corrected chi connectivity index (χ3v) is 3.50. The minimum Gasteiger partial charge on any atom is -0.383 e. The summed E-state index contributed by atoms with van der Waals surface area (Å²) >= 11 is 0. The number of hydrogen-bond acceptors (Lipinski definition) is 3. The van der Waals surface area contributed by atoms with Gasteiger partial charge in [0, 0.05) is 26.2 Å². The molecule has 3 nitrogen and oxygen atoms in total. The predicted molar refractivity (Wildman–Crippen MR) is 70.1 cm³/mol. The Labute approximate surface area is 104 Å². The third-order valence-electron chi connectivity index (χ3n) is 3.50. The van der Waals surface area contributed by atoms with Crippen LogP contribution in [0.2, 0.25) is 0 Å². The third kappa shape index (κ3) is 2.86. The fourth-order valence-corrected chi connectivity index (χ4v) is 2.46. The average molecular weight is 234 g/mol. The monoisotopic (exact) mass is 234 g/mol. The Morgan fingerprint density at radius 3 is 2.53 bits per heavy atom. The Kier molecular flexibility index (Phi) is 4.54. The van der Waals surface area contributed by atoms with Crippen LogP contribution < -0.4 is 5.32 Å². The number of methoxy groups -OCH3 is 1. The first-order chi connectivity index (χ1) is 8.36. The first-order valence-corrected chi connectivity index (χ1v) is 6.37. The van der Waals surface area contributed by atoms with Gasteiger partial charge in [0.05, 0.1) is 12.6 Å². The van der Waals surface area contributed by atoms with Crippen molar-refractivity contribution in [3.05, 3.63) is 35.9 Å². The van der Waals surface area contributed by atoms with Crippen molar-refractivity contribution >= 4 is 0 Å². The molecule has 1 N–H and O–H groups in total. The van der Waals surface area contributed by atoms with Crippen molar-refractivity contribution in [3.8, 4) is 0 Å². The van der Waals surface area contributed by atoms with Crippen molar-refractivity contribution in [1.82, 2.24) is 10.2 Å². The van der Waals surface area contributed by atoms with Gasteiger partial charge in [-0.1, -0.05) is 37.3 Å². The maximum atomic E-state index is 5.40. The van der Waals surface area contributed by atoms with Gasteiger partial charge in [-0.05, 0) is 12.1 Å². The summed E-state index contributed by atoms with van der Waals surface area (Å²) < 4.78 is 5.40. The molecule has 94 valence electrons. The van der Waals surface area contributed by atoms with E-state index in [4.69, 9.17) is 4.74 Å². The van der Waals surface area contributed by atoms with Crippen LogP contribution in [-0.2, 0) is 4.74 Å². The van der Waals surface area contributed by atoms with E-state index in [1.165, 1.54) is 5.56 Å². The first-order valence-electron chi connectivity index (χ1n) is 6.37. The second-order valence-electron chi connectivity index (χ2n) is 4.52. The smallest absolute Gasteiger partial charge is 0.0659 e. The lowest BCUT2D eigenvalue weighted by molar-refractivity contribution is 0.0447. The minimum absolute atomic E-state index is 0.373. The summed E-state index contributed by atoms with van der Waals surface area (Å²) in [6.45, 7) is 6.25. The highest BCUT2D eigenvalue weighted by Crippen LogP contribution is 2.24. The molecule has 1 atom stereocenters. The number of benzene rings is 1. The van der Waals surface area contributed by atoms with Gasteiger partial charge in [0.15, 0.2) is 0 Å². The summed E-state index contributed by atoms with van der Waals surface area (Å²) in [5.41, 5.74) is 1.35. The Hall–Kier alpha value is -0.900. The van der Waals surface area contributed by atoms with Gasteiger partial charge in [-0.2, -0.15) is 0 Å². The second-order valence-corrected chi connectivity index (χ2v) is 4.52. The Morgan fingerprint density at radius 2 is 2.06 bits per heavy atom. The summed E-state index contributed by atoms with van der Waals surface area (Å²) in [5, 5.41) is 3.34. The largest absolute Gasteiger partial charge is 0.383 e. The highest BCUT2D eigenvalue weighted by atomic mass is 16.5. The Balaban J connectivity index is 2.14. The van der Waals surface area contributed by atoms with Crippen molar-refractivity contribution in [2.75, 3.05) is 33.4 Å². The van der Waals surface area contributed by atoms with E-state index in [2.05, 4.69) is 47.5 Å². The number of nitrogens with one attached hydrogen (secondary N) is 1. The van der Waals surface area contributed by atoms with E-state index in [-0.39, 0.29) is 0 Å². The zero-order chi connectivity index (χ0) is 12.1. The molecule has 2 rings (SSSR count). The van der Waals surface area contributed by atoms with Crippen LogP contribution in [0.25, 0.3) is 0 Å². The fraction of sp³-hybridized carbons (Fsp3) is 0.571. The van der Waals surface area contributed by atoms with E-state index in [1.54, 1.807) is 7.11 Å². The molecule has 0 saturated carbocycles. The molecule has 1 aromatic carbocycles. The maximum absolute atomic E-state index is 5.40. The maximum Gasteiger partial charge on any atom is 0.0659 e. The van der Waals surface area contributed by atoms with E-state index < -0.39 is 0 Å². The number of nitrogens with zero attached hydrogens (tertiary/aromatic N) is 1. The van der Waals surface area contributed by atoms with Crippen molar-refractivity contribution in [1.29, 1.82) is 0 Å². The summed E-state index contributed by atoms with van der Waals surface area (Å²) in [5.74, 6) is 0. The van der Waals surface area contributed by atoms with Crippen molar-refractivity contribution in [2.24, 2.45) is 0 Å². The van der Waals surface area contributed by atoms with E-state index in [0.717, 1.165) is 26.2 Å². The lowest BCUT2D eigenvalue weighted by Crippen LogP contribution is -2.58. The molecule has 0 aliphatic carbocycles. The molecular formula is C14H22N2O. The van der Waals surface area contributed by atoms with E-state index >= 15 is 0 Å². The van der Waals surface area contributed by atoms with Crippen molar-refractivity contribution in [3.63, 3.8) is 0 Å². The Bertz CT molecular complexity index is 324. The van der Waals surface area contributed by atoms with Crippen LogP contribution in [0.4, 0.5) is 0 Å². The molecule has 0 radical (unpaired) electrons. The molecule has 0 bridgehead atoms. The summed E-state index contributed by atoms with van der Waals surface area (Å²) in [6.07, 6.45) is 0. The lowest BCUT2D eigenvalue weighted by atomic mass is 10.0. The molecule has 1 aliphatic heterocycles. The molecular weight excluding hydrogens is 212 g/mol. The normalized spacial score (nSPS) is 18.1. The molecule has 0 amide bonds. The van der Waals surface area contributed by atoms with Gasteiger partial charge in [0.1, 0.15) is 0 Å². The van der Waals surface area contributed by atoms with Gasteiger partial charge >= 0.3 is 0 Å². The van der Waals surface area contributed by atoms with Crippen LogP contribution >= 0.6 is 0 Å². The predicted octanol–water partition coefficient (Wildman–Crippen LogP) is 1.67. The van der Waals surface area contributed by atoms with Crippen LogP contribution in [0.3, 0.4) is 0 Å². The summed E-state index contributed by atoms with van der Waals surface area (Å²) in [6, 6.07) is 11.7. The molecule has 1 unspecified atom stereocenters. The second kappa shape index (κ2) is 6.15. The molecule has 0 aromatic heterocycles. The number of hydrogen-bond donors (Lipinski definition) is 1. The van der Waals surface area contributed by atoms with Gasteiger partial charge in [-0.3, -0.25) is 4.90 Å². The first kappa shape index (κ1) is 12.6. The molecule has 0 spiro atoms. The number of likely N-dealkylation sites (N-methyl/N-ethyl adjacent to an activating group) is 1. The van der Waals surface area contributed by atoms with E-state index in [9.17, 15) is 0 Å². The van der Waals surface area contributed by atoms with Gasteiger partial charge in [0.2, 0.25) is 0 Å². The zero-order valence-electron chi connectivity index (χ0n) is 10.7. The SMILES string of the molecule is CCN(C1CNC1)C(COC)c1ccccc1.